The average molecular weight is 1030 g/mol. The van der Waals surface area contributed by atoms with Crippen LogP contribution in [0.15, 0.2) is 12.2 Å². The molecule has 0 saturated heterocycles. The Labute approximate surface area is 441 Å². The highest BCUT2D eigenvalue weighted by Crippen LogP contribution is 2.38. The van der Waals surface area contributed by atoms with Crippen molar-refractivity contribution in [1.29, 1.82) is 0 Å². The topological polar surface area (TPSA) is 114 Å². The van der Waals surface area contributed by atoms with Gasteiger partial charge in [0.15, 0.2) is 0 Å². The molecule has 0 saturated carbocycles. The zero-order chi connectivity index (χ0) is 52.2. The van der Waals surface area contributed by atoms with Gasteiger partial charge < -0.3 is 28.5 Å². The van der Waals surface area contributed by atoms with Gasteiger partial charge in [-0.2, -0.15) is 0 Å². The molecule has 0 bridgehead atoms. The molecule has 0 aliphatic heterocycles. The third-order valence-electron chi connectivity index (χ3n) is 14.2. The first-order valence-corrected chi connectivity index (χ1v) is 32.5. The van der Waals surface area contributed by atoms with Crippen molar-refractivity contribution in [1.82, 2.24) is 5.32 Å². The van der Waals surface area contributed by atoms with Crippen LogP contribution >= 0.6 is 7.82 Å². The van der Waals surface area contributed by atoms with Crippen LogP contribution in [0.25, 0.3) is 0 Å². The summed E-state index contributed by atoms with van der Waals surface area (Å²) in [6, 6.07) is -0.878. The van der Waals surface area contributed by atoms with Crippen LogP contribution < -0.4 is 10.2 Å². The molecule has 0 aromatic rings. The van der Waals surface area contributed by atoms with Crippen LogP contribution in [0.2, 0.25) is 0 Å². The van der Waals surface area contributed by atoms with E-state index in [-0.39, 0.29) is 31.5 Å². The third-order valence-corrected chi connectivity index (χ3v) is 15.2. The molecule has 3 unspecified atom stereocenters. The number of quaternary nitrogens is 1. The van der Waals surface area contributed by atoms with E-state index in [1.54, 1.807) is 0 Å². The number of nitrogens with zero attached hydrogens (tertiary/aromatic N) is 1. The van der Waals surface area contributed by atoms with Gasteiger partial charge >= 0.3 is 5.97 Å². The van der Waals surface area contributed by atoms with Crippen molar-refractivity contribution >= 4 is 19.7 Å². The lowest BCUT2D eigenvalue weighted by molar-refractivity contribution is -0.870. The van der Waals surface area contributed by atoms with Gasteiger partial charge in [-0.15, -0.1) is 0 Å². The summed E-state index contributed by atoms with van der Waals surface area (Å²) in [7, 11) is 1.21. The normalized spacial score (nSPS) is 13.7. The molecule has 0 spiro atoms. The number of hydrogen-bond acceptors (Lipinski definition) is 7. The summed E-state index contributed by atoms with van der Waals surface area (Å²) >= 11 is 0. The van der Waals surface area contributed by atoms with Crippen molar-refractivity contribution in [3.8, 4) is 0 Å². The molecule has 9 nitrogen and oxygen atoms in total. The fourth-order valence-corrected chi connectivity index (χ4v) is 10.1. The zero-order valence-corrected chi connectivity index (χ0v) is 49.1. The van der Waals surface area contributed by atoms with E-state index < -0.39 is 20.0 Å². The Morgan fingerprint density at radius 1 is 0.479 bits per heavy atom. The van der Waals surface area contributed by atoms with Gasteiger partial charge in [0.2, 0.25) is 5.91 Å². The monoisotopic (exact) mass is 1020 g/mol. The van der Waals surface area contributed by atoms with Gasteiger partial charge in [0.25, 0.3) is 7.82 Å². The Balaban J connectivity index is 5.17. The lowest BCUT2D eigenvalue weighted by atomic mass is 10.0. The van der Waals surface area contributed by atoms with Gasteiger partial charge in [-0.05, 0) is 31.8 Å². The summed E-state index contributed by atoms with van der Waals surface area (Å²) in [5.41, 5.74) is 0. The SMILES string of the molecule is CCCCCCCCCCC/C=C/C(OC(=O)CCCCCCCCCCCCCCCCCCCCC)C(COP(=O)([O-])OCC[N+](C)(C)C)NC(=O)CCCCCCCCCCCCCCCCC. The Kier molecular flexibility index (Phi) is 51.3. The molecule has 1 amide bonds. The second-order valence-electron chi connectivity index (χ2n) is 22.6. The summed E-state index contributed by atoms with van der Waals surface area (Å²) in [5, 5.41) is 3.03. The van der Waals surface area contributed by atoms with Gasteiger partial charge in [-0.3, -0.25) is 14.2 Å². The van der Waals surface area contributed by atoms with Gasteiger partial charge in [0.1, 0.15) is 19.3 Å². The second kappa shape index (κ2) is 52.2. The van der Waals surface area contributed by atoms with Crippen molar-refractivity contribution in [3.05, 3.63) is 12.2 Å². The summed E-state index contributed by atoms with van der Waals surface area (Å²) in [6.45, 7) is 6.89. The maximum atomic E-state index is 13.5. The number of rotatable bonds is 57. The molecule has 71 heavy (non-hydrogen) atoms. The van der Waals surface area contributed by atoms with Crippen molar-refractivity contribution in [2.24, 2.45) is 0 Å². The molecule has 0 aromatic carbocycles. The Morgan fingerprint density at radius 3 is 1.15 bits per heavy atom. The van der Waals surface area contributed by atoms with Crippen LogP contribution in [0.4, 0.5) is 0 Å². The number of nitrogens with one attached hydrogen (secondary N) is 1. The lowest BCUT2D eigenvalue weighted by Crippen LogP contribution is -2.47. The maximum absolute atomic E-state index is 13.5. The van der Waals surface area contributed by atoms with Crippen LogP contribution in [0, 0.1) is 0 Å². The number of phosphoric ester groups is 1. The predicted octanol–water partition coefficient (Wildman–Crippen LogP) is 18.2. The van der Waals surface area contributed by atoms with Crippen molar-refractivity contribution < 1.29 is 37.3 Å². The van der Waals surface area contributed by atoms with Crippen LogP contribution in [-0.2, 0) is 27.9 Å². The van der Waals surface area contributed by atoms with Gasteiger partial charge in [0, 0.05) is 12.8 Å². The average Bonchev–Trinajstić information content (AvgIpc) is 3.33. The molecule has 0 radical (unpaired) electrons. The minimum atomic E-state index is -4.69. The first-order valence-electron chi connectivity index (χ1n) is 31.0. The number of hydrogen-bond donors (Lipinski definition) is 1. The molecular formula is C61H121N2O7P. The summed E-state index contributed by atoms with van der Waals surface area (Å²) < 4.78 is 30.3. The highest BCUT2D eigenvalue weighted by Gasteiger charge is 2.27. The van der Waals surface area contributed by atoms with Gasteiger partial charge in [0.05, 0.1) is 33.8 Å². The number of unbranched alkanes of at least 4 members (excludes halogenated alkanes) is 41. The molecule has 0 heterocycles. The summed E-state index contributed by atoms with van der Waals surface area (Å²) in [4.78, 5) is 39.9. The fourth-order valence-electron chi connectivity index (χ4n) is 9.41. The van der Waals surface area contributed by atoms with Crippen LogP contribution in [0.5, 0.6) is 0 Å². The maximum Gasteiger partial charge on any atom is 0.306 e. The standard InChI is InChI=1S/C61H121N2O7P/c1-7-10-13-16-19-22-25-27-29-30-31-32-34-36-39-42-45-48-51-54-61(65)70-59(52-49-46-43-40-37-24-21-18-15-12-9-3)58(57-69-71(66,67)68-56-55-63(4,5)6)62-60(64)53-50-47-44-41-38-35-33-28-26-23-20-17-14-11-8-2/h49,52,58-59H,7-48,50-51,53-57H2,1-6H3,(H-,62,64,66,67)/b52-49+. The van der Waals surface area contributed by atoms with E-state index >= 15 is 0 Å². The van der Waals surface area contributed by atoms with Crippen molar-refractivity contribution in [3.63, 3.8) is 0 Å². The summed E-state index contributed by atoms with van der Waals surface area (Å²) in [6.07, 6.45) is 58.9. The minimum absolute atomic E-state index is 0.0169. The smallest absolute Gasteiger partial charge is 0.306 e. The van der Waals surface area contributed by atoms with E-state index in [1.165, 1.54) is 225 Å². The Morgan fingerprint density at radius 2 is 0.803 bits per heavy atom. The first kappa shape index (κ1) is 69.8. The number of phosphoric acid groups is 1. The van der Waals surface area contributed by atoms with Crippen LogP contribution in [0.3, 0.4) is 0 Å². The summed E-state index contributed by atoms with van der Waals surface area (Å²) in [5.74, 6) is -0.520. The largest absolute Gasteiger partial charge is 0.756 e. The van der Waals surface area contributed by atoms with Gasteiger partial charge in [-0.1, -0.05) is 284 Å². The van der Waals surface area contributed by atoms with Crippen LogP contribution in [0.1, 0.15) is 316 Å². The molecule has 0 aliphatic carbocycles. The van der Waals surface area contributed by atoms with E-state index in [1.807, 2.05) is 33.3 Å². The van der Waals surface area contributed by atoms with E-state index in [0.717, 1.165) is 57.8 Å². The van der Waals surface area contributed by atoms with E-state index in [0.29, 0.717) is 17.4 Å². The Bertz CT molecular complexity index is 1230. The number of likely N-dealkylation sites (N-methyl/N-ethyl adjacent to an activating group) is 1. The number of amides is 1. The Hall–Kier alpha value is -1.25. The molecule has 10 heteroatoms. The van der Waals surface area contributed by atoms with E-state index in [2.05, 4.69) is 26.1 Å². The molecule has 422 valence electrons. The number of ether oxygens (including phenoxy) is 1. The van der Waals surface area contributed by atoms with Crippen molar-refractivity contribution in [2.75, 3.05) is 40.9 Å². The molecule has 0 fully saturated rings. The van der Waals surface area contributed by atoms with Gasteiger partial charge in [-0.25, -0.2) is 0 Å². The van der Waals surface area contributed by atoms with E-state index in [4.69, 9.17) is 13.8 Å². The molecule has 0 rings (SSSR count). The molecule has 1 N–H and O–H groups in total. The number of carbonyl (C=O) groups excluding carboxylic acids is 2. The van der Waals surface area contributed by atoms with Crippen LogP contribution in [-0.4, -0.2) is 69.4 Å². The first-order chi connectivity index (χ1) is 34.4. The fraction of sp³-hybridized carbons (Fsp3) is 0.934. The molecule has 0 aliphatic rings. The lowest BCUT2D eigenvalue weighted by Gasteiger charge is -2.30. The third kappa shape index (κ3) is 53.4. The molecule has 0 aromatic heterocycles. The number of esters is 1. The molecule has 3 atom stereocenters. The predicted molar refractivity (Wildman–Crippen MR) is 303 cm³/mol. The zero-order valence-electron chi connectivity index (χ0n) is 48.2. The number of allylic oxidation sites excluding steroid dienone is 1. The quantitative estimate of drug-likeness (QED) is 0.0212. The second-order valence-corrected chi connectivity index (χ2v) is 24.0. The molecular weight excluding hydrogens is 904 g/mol. The number of carbonyl (C=O) groups is 2. The van der Waals surface area contributed by atoms with Crippen molar-refractivity contribution in [2.45, 2.75) is 328 Å². The minimum Gasteiger partial charge on any atom is -0.756 e. The van der Waals surface area contributed by atoms with E-state index in [9.17, 15) is 19.0 Å². The highest BCUT2D eigenvalue weighted by atomic mass is 31.2. The highest BCUT2D eigenvalue weighted by molar-refractivity contribution is 7.45.